The molecule has 1 aliphatic rings. The largest absolute Gasteiger partial charge is 0.489 e. The summed E-state index contributed by atoms with van der Waals surface area (Å²) in [6, 6.07) is 16.4. The molecule has 5 heteroatoms. The topological polar surface area (TPSA) is 41.6 Å². The predicted octanol–water partition coefficient (Wildman–Crippen LogP) is 6.67. The molecule has 2 heterocycles. The van der Waals surface area contributed by atoms with Gasteiger partial charge in [0.25, 0.3) is 5.91 Å². The van der Waals surface area contributed by atoms with Gasteiger partial charge >= 0.3 is 0 Å². The molecule has 1 saturated heterocycles. The highest BCUT2D eigenvalue weighted by Crippen LogP contribution is 2.34. The summed E-state index contributed by atoms with van der Waals surface area (Å²) in [5.74, 6) is 0.834. The Kier molecular flexibility index (Phi) is 10.7. The van der Waals surface area contributed by atoms with E-state index in [1.54, 1.807) is 11.3 Å². The van der Waals surface area contributed by atoms with Crippen molar-refractivity contribution in [2.75, 3.05) is 20.1 Å². The molecule has 174 valence electrons. The molecule has 0 aliphatic carbocycles. The van der Waals surface area contributed by atoms with Gasteiger partial charge in [0.05, 0.1) is 5.56 Å². The summed E-state index contributed by atoms with van der Waals surface area (Å²) in [4.78, 5) is 16.4. The minimum atomic E-state index is 0.0403. The zero-order valence-electron chi connectivity index (χ0n) is 20.4. The molecule has 32 heavy (non-hydrogen) atoms. The van der Waals surface area contributed by atoms with Gasteiger partial charge in [0.1, 0.15) is 12.4 Å². The van der Waals surface area contributed by atoms with Gasteiger partial charge in [-0.25, -0.2) is 0 Å². The molecule has 0 spiro atoms. The van der Waals surface area contributed by atoms with Crippen LogP contribution < -0.4 is 10.1 Å². The van der Waals surface area contributed by atoms with E-state index >= 15 is 0 Å². The zero-order valence-corrected chi connectivity index (χ0v) is 21.2. The van der Waals surface area contributed by atoms with Gasteiger partial charge in [0.15, 0.2) is 0 Å². The van der Waals surface area contributed by atoms with E-state index in [1.807, 2.05) is 77.1 Å². The fourth-order valence-corrected chi connectivity index (χ4v) is 4.76. The van der Waals surface area contributed by atoms with Gasteiger partial charge < -0.3 is 15.0 Å². The van der Waals surface area contributed by atoms with Gasteiger partial charge in [-0.2, -0.15) is 0 Å². The standard InChI is InChI=1S/C23H26N2O2S.2C2H6/c1-16-22(23(26)24-18-10-12-25(2)13-11-18)20-14-19(8-9-21(20)28-16)27-15-17-6-4-3-5-7-17;2*1-2/h3-9,14,18H,10-13,15H2,1-2H3,(H,24,26);2*1-2H3. The second kappa shape index (κ2) is 13.2. The molecule has 2 aromatic carbocycles. The summed E-state index contributed by atoms with van der Waals surface area (Å²) in [6.07, 6.45) is 2.02. The van der Waals surface area contributed by atoms with E-state index in [1.165, 1.54) is 0 Å². The lowest BCUT2D eigenvalue weighted by Crippen LogP contribution is -2.43. The number of rotatable bonds is 5. The van der Waals surface area contributed by atoms with Crippen LogP contribution in [0.15, 0.2) is 48.5 Å². The maximum absolute atomic E-state index is 13.0. The molecule has 0 bridgehead atoms. The molecule has 4 nitrogen and oxygen atoms in total. The number of thiophene rings is 1. The monoisotopic (exact) mass is 454 g/mol. The normalized spacial score (nSPS) is 14.1. The summed E-state index contributed by atoms with van der Waals surface area (Å²) in [5, 5.41) is 4.24. The highest BCUT2D eigenvalue weighted by Gasteiger charge is 2.22. The van der Waals surface area contributed by atoms with Crippen LogP contribution >= 0.6 is 11.3 Å². The Balaban J connectivity index is 0.000000860. The molecule has 3 aromatic rings. The Morgan fingerprint density at radius 1 is 1.06 bits per heavy atom. The lowest BCUT2D eigenvalue weighted by molar-refractivity contribution is 0.0918. The van der Waals surface area contributed by atoms with Crippen LogP contribution in [0.1, 0.15) is 61.3 Å². The third-order valence-electron chi connectivity index (χ3n) is 5.36. The maximum atomic E-state index is 13.0. The second-order valence-corrected chi connectivity index (χ2v) is 8.77. The number of benzene rings is 2. The van der Waals surface area contributed by atoms with E-state index in [9.17, 15) is 4.79 Å². The number of amides is 1. The van der Waals surface area contributed by atoms with Gasteiger partial charge in [0, 0.05) is 21.0 Å². The molecule has 1 aliphatic heterocycles. The van der Waals surface area contributed by atoms with Crippen LogP contribution in [0.4, 0.5) is 0 Å². The number of hydrogen-bond donors (Lipinski definition) is 1. The van der Waals surface area contributed by atoms with Gasteiger partial charge in [-0.15, -0.1) is 11.3 Å². The van der Waals surface area contributed by atoms with E-state index in [4.69, 9.17) is 4.74 Å². The van der Waals surface area contributed by atoms with Crippen molar-refractivity contribution in [3.63, 3.8) is 0 Å². The number of carbonyl (C=O) groups is 1. The van der Waals surface area contributed by atoms with Crippen LogP contribution in [-0.2, 0) is 6.61 Å². The Morgan fingerprint density at radius 2 is 1.72 bits per heavy atom. The third kappa shape index (κ3) is 6.81. The fraction of sp³-hybridized carbons (Fsp3) is 0.444. The predicted molar refractivity (Wildman–Crippen MR) is 138 cm³/mol. The van der Waals surface area contributed by atoms with Gasteiger partial charge in [-0.3, -0.25) is 4.79 Å². The number of aryl methyl sites for hydroxylation is 1. The van der Waals surface area contributed by atoms with E-state index in [2.05, 4.69) is 23.3 Å². The first-order valence-corrected chi connectivity index (χ1v) is 12.6. The van der Waals surface area contributed by atoms with Crippen molar-refractivity contribution >= 4 is 27.3 Å². The number of hydrogen-bond acceptors (Lipinski definition) is 4. The number of nitrogens with one attached hydrogen (secondary N) is 1. The first-order chi connectivity index (χ1) is 15.6. The quantitative estimate of drug-likeness (QED) is 0.468. The maximum Gasteiger partial charge on any atom is 0.253 e. The molecule has 0 atom stereocenters. The van der Waals surface area contributed by atoms with E-state index in [-0.39, 0.29) is 11.9 Å². The van der Waals surface area contributed by atoms with Crippen molar-refractivity contribution in [3.8, 4) is 5.75 Å². The lowest BCUT2D eigenvalue weighted by atomic mass is 10.0. The average Bonchev–Trinajstić information content (AvgIpc) is 3.17. The van der Waals surface area contributed by atoms with Crippen molar-refractivity contribution in [1.82, 2.24) is 10.2 Å². The number of piperidine rings is 1. The molecule has 4 rings (SSSR count). The van der Waals surface area contributed by atoms with Crippen LogP contribution in [0.2, 0.25) is 0 Å². The average molecular weight is 455 g/mol. The number of carbonyl (C=O) groups excluding carboxylic acids is 1. The highest BCUT2D eigenvalue weighted by molar-refractivity contribution is 7.19. The first-order valence-electron chi connectivity index (χ1n) is 11.8. The van der Waals surface area contributed by atoms with E-state index in [0.29, 0.717) is 6.61 Å². The summed E-state index contributed by atoms with van der Waals surface area (Å²) < 4.78 is 7.10. The van der Waals surface area contributed by atoms with Crippen molar-refractivity contribution in [2.45, 2.75) is 60.1 Å². The van der Waals surface area contributed by atoms with Gasteiger partial charge in [-0.05, 0) is 63.7 Å². The summed E-state index contributed by atoms with van der Waals surface area (Å²) in [6.45, 7) is 12.6. The minimum Gasteiger partial charge on any atom is -0.489 e. The summed E-state index contributed by atoms with van der Waals surface area (Å²) in [5.41, 5.74) is 1.92. The summed E-state index contributed by atoms with van der Waals surface area (Å²) in [7, 11) is 2.13. The molecular formula is C27H38N2O2S. The third-order valence-corrected chi connectivity index (χ3v) is 6.45. The number of nitrogens with zero attached hydrogens (tertiary/aromatic N) is 1. The SMILES string of the molecule is CC.CC.Cc1sc2ccc(OCc3ccccc3)cc2c1C(=O)NC1CCN(C)CC1. The number of fused-ring (bicyclic) bond motifs is 1. The second-order valence-electron chi connectivity index (χ2n) is 7.52. The Hall–Kier alpha value is -2.37. The Labute approximate surface area is 197 Å². The minimum absolute atomic E-state index is 0.0403. The van der Waals surface area contributed by atoms with Crippen LogP contribution in [0, 0.1) is 6.92 Å². The van der Waals surface area contributed by atoms with Crippen LogP contribution in [0.5, 0.6) is 5.75 Å². The van der Waals surface area contributed by atoms with Crippen molar-refractivity contribution in [1.29, 1.82) is 0 Å². The molecule has 1 fully saturated rings. The highest BCUT2D eigenvalue weighted by atomic mass is 32.1. The molecule has 1 amide bonds. The zero-order chi connectivity index (χ0) is 23.5. The molecule has 0 unspecified atom stereocenters. The Morgan fingerprint density at radius 3 is 2.38 bits per heavy atom. The molecule has 1 aromatic heterocycles. The number of likely N-dealkylation sites (tertiary alicyclic amines) is 1. The molecule has 1 N–H and O–H groups in total. The van der Waals surface area contributed by atoms with Gasteiger partial charge in [0.2, 0.25) is 0 Å². The van der Waals surface area contributed by atoms with Crippen molar-refractivity contribution in [2.24, 2.45) is 0 Å². The Bertz CT molecular complexity index is 960. The van der Waals surface area contributed by atoms with Crippen LogP contribution in [0.25, 0.3) is 10.1 Å². The molecular weight excluding hydrogens is 416 g/mol. The van der Waals surface area contributed by atoms with Crippen LogP contribution in [0.3, 0.4) is 0 Å². The van der Waals surface area contributed by atoms with Crippen LogP contribution in [-0.4, -0.2) is 37.0 Å². The summed E-state index contributed by atoms with van der Waals surface area (Å²) >= 11 is 1.67. The first kappa shape index (κ1) is 25.9. The van der Waals surface area contributed by atoms with Crippen molar-refractivity contribution in [3.05, 3.63) is 64.5 Å². The van der Waals surface area contributed by atoms with E-state index in [0.717, 1.165) is 57.8 Å². The molecule has 0 saturated carbocycles. The van der Waals surface area contributed by atoms with Crippen molar-refractivity contribution < 1.29 is 9.53 Å². The lowest BCUT2D eigenvalue weighted by Gasteiger charge is -2.29. The smallest absolute Gasteiger partial charge is 0.253 e. The molecule has 0 radical (unpaired) electrons. The number of ether oxygens (including phenoxy) is 1. The van der Waals surface area contributed by atoms with E-state index < -0.39 is 0 Å². The van der Waals surface area contributed by atoms with Gasteiger partial charge in [-0.1, -0.05) is 58.0 Å². The fourth-order valence-electron chi connectivity index (χ4n) is 3.72.